The van der Waals surface area contributed by atoms with Crippen LogP contribution in [0.4, 0.5) is 4.39 Å². The van der Waals surface area contributed by atoms with E-state index in [-0.39, 0.29) is 24.0 Å². The molecule has 0 saturated heterocycles. The molecule has 0 bridgehead atoms. The predicted octanol–water partition coefficient (Wildman–Crippen LogP) is 2.55. The first-order valence-electron chi connectivity index (χ1n) is 7.06. The van der Waals surface area contributed by atoms with E-state index in [2.05, 4.69) is 15.6 Å². The zero-order valence-electron chi connectivity index (χ0n) is 12.7. The molecule has 0 aliphatic rings. The summed E-state index contributed by atoms with van der Waals surface area (Å²) in [6, 6.07) is 8.21. The summed E-state index contributed by atoms with van der Waals surface area (Å²) >= 11 is 0. The summed E-state index contributed by atoms with van der Waals surface area (Å²) in [5.74, 6) is -0.0511. The third kappa shape index (κ3) is 2.85. The number of amides is 1. The molecule has 1 N–H and O–H groups in total. The van der Waals surface area contributed by atoms with Gasteiger partial charge in [0.2, 0.25) is 0 Å². The molecule has 0 atom stereocenters. The minimum atomic E-state index is -0.362. The van der Waals surface area contributed by atoms with E-state index in [0.717, 1.165) is 0 Å². The van der Waals surface area contributed by atoms with E-state index in [1.165, 1.54) is 17.0 Å². The van der Waals surface area contributed by atoms with E-state index in [9.17, 15) is 9.18 Å². The fourth-order valence-corrected chi connectivity index (χ4v) is 2.26. The summed E-state index contributed by atoms with van der Waals surface area (Å²) in [7, 11) is 0. The Morgan fingerprint density at radius 1 is 1.30 bits per heavy atom. The molecule has 2 heterocycles. The largest absolute Gasteiger partial charge is 0.467 e. The lowest BCUT2D eigenvalue weighted by atomic mass is 10.2. The van der Waals surface area contributed by atoms with Gasteiger partial charge in [-0.25, -0.2) is 9.07 Å². The third-order valence-corrected chi connectivity index (χ3v) is 3.58. The van der Waals surface area contributed by atoms with Crippen LogP contribution in [0.3, 0.4) is 0 Å². The van der Waals surface area contributed by atoms with Crippen LogP contribution in [0.25, 0.3) is 5.69 Å². The Labute approximate surface area is 131 Å². The molecule has 6 nitrogen and oxygen atoms in total. The van der Waals surface area contributed by atoms with Crippen LogP contribution in [0.15, 0.2) is 41.0 Å². The third-order valence-electron chi connectivity index (χ3n) is 3.58. The molecule has 0 fully saturated rings. The lowest BCUT2D eigenvalue weighted by Gasteiger charge is -2.08. The van der Waals surface area contributed by atoms with Crippen molar-refractivity contribution in [3.05, 3.63) is 65.1 Å². The Bertz CT molecular complexity index is 840. The maximum atomic E-state index is 13.7. The highest BCUT2D eigenvalue weighted by Crippen LogP contribution is 2.18. The van der Waals surface area contributed by atoms with E-state index in [4.69, 9.17) is 4.42 Å². The fraction of sp³-hybridized carbons (Fsp3) is 0.188. The molecule has 0 aliphatic carbocycles. The average molecular weight is 314 g/mol. The minimum Gasteiger partial charge on any atom is -0.467 e. The molecule has 1 aromatic carbocycles. The number of furan rings is 1. The summed E-state index contributed by atoms with van der Waals surface area (Å²) in [6.07, 6.45) is 1.54. The quantitative estimate of drug-likeness (QED) is 0.803. The van der Waals surface area contributed by atoms with Gasteiger partial charge in [0.05, 0.1) is 24.2 Å². The maximum Gasteiger partial charge on any atom is 0.274 e. The molecule has 0 saturated carbocycles. The Kier molecular flexibility index (Phi) is 3.92. The normalized spacial score (nSPS) is 10.7. The number of halogens is 1. The molecule has 2 aromatic heterocycles. The number of carbonyl (C=O) groups excluding carboxylic acids is 1. The topological polar surface area (TPSA) is 73.0 Å². The van der Waals surface area contributed by atoms with E-state index in [0.29, 0.717) is 22.7 Å². The smallest absolute Gasteiger partial charge is 0.274 e. The number of nitrogens with one attached hydrogen (secondary N) is 1. The van der Waals surface area contributed by atoms with E-state index in [1.54, 1.807) is 38.1 Å². The van der Waals surface area contributed by atoms with Crippen LogP contribution in [0.1, 0.15) is 27.5 Å². The lowest BCUT2D eigenvalue weighted by molar-refractivity contribution is 0.0942. The Morgan fingerprint density at radius 2 is 2.13 bits per heavy atom. The fourth-order valence-electron chi connectivity index (χ4n) is 2.26. The van der Waals surface area contributed by atoms with Crippen LogP contribution in [-0.2, 0) is 6.54 Å². The monoisotopic (exact) mass is 314 g/mol. The van der Waals surface area contributed by atoms with E-state index >= 15 is 0 Å². The van der Waals surface area contributed by atoms with Gasteiger partial charge in [-0.3, -0.25) is 4.79 Å². The number of nitrogens with zero attached hydrogens (tertiary/aromatic N) is 3. The molecular weight excluding hydrogens is 299 g/mol. The van der Waals surface area contributed by atoms with Crippen molar-refractivity contribution in [3.63, 3.8) is 0 Å². The Morgan fingerprint density at radius 3 is 2.87 bits per heavy atom. The molecule has 23 heavy (non-hydrogen) atoms. The van der Waals surface area contributed by atoms with Gasteiger partial charge in [-0.1, -0.05) is 11.3 Å². The van der Waals surface area contributed by atoms with Gasteiger partial charge in [-0.15, -0.1) is 5.10 Å². The minimum absolute atomic E-state index is 0.195. The number of aromatic nitrogens is 3. The first-order valence-corrected chi connectivity index (χ1v) is 7.06. The van der Waals surface area contributed by atoms with Gasteiger partial charge in [-0.2, -0.15) is 0 Å². The number of hydrogen-bond donors (Lipinski definition) is 1. The van der Waals surface area contributed by atoms with Crippen LogP contribution in [0.2, 0.25) is 0 Å². The van der Waals surface area contributed by atoms with Crippen LogP contribution in [-0.4, -0.2) is 20.9 Å². The summed E-state index contributed by atoms with van der Waals surface area (Å²) in [6.45, 7) is 3.63. The molecular formula is C16H15FN4O2. The summed E-state index contributed by atoms with van der Waals surface area (Å²) in [4.78, 5) is 12.2. The average Bonchev–Trinajstić information content (AvgIpc) is 3.18. The van der Waals surface area contributed by atoms with E-state index in [1.807, 2.05) is 0 Å². The number of benzene rings is 1. The van der Waals surface area contributed by atoms with Crippen molar-refractivity contribution in [2.24, 2.45) is 0 Å². The van der Waals surface area contributed by atoms with Crippen molar-refractivity contribution in [1.82, 2.24) is 20.3 Å². The Hall–Kier alpha value is -2.96. The van der Waals surface area contributed by atoms with Gasteiger partial charge in [0.1, 0.15) is 11.6 Å². The molecule has 0 radical (unpaired) electrons. The van der Waals surface area contributed by atoms with Crippen LogP contribution < -0.4 is 5.32 Å². The summed E-state index contributed by atoms with van der Waals surface area (Å²) < 4.78 is 20.3. The van der Waals surface area contributed by atoms with Crippen LogP contribution >= 0.6 is 0 Å². The number of hydrogen-bond acceptors (Lipinski definition) is 4. The van der Waals surface area contributed by atoms with Crippen molar-refractivity contribution in [1.29, 1.82) is 0 Å². The van der Waals surface area contributed by atoms with Gasteiger partial charge in [0.15, 0.2) is 5.69 Å². The molecule has 3 aromatic rings. The van der Waals surface area contributed by atoms with Crippen molar-refractivity contribution >= 4 is 5.91 Å². The first kappa shape index (κ1) is 15.0. The zero-order valence-corrected chi connectivity index (χ0v) is 12.7. The lowest BCUT2D eigenvalue weighted by Crippen LogP contribution is -2.23. The highest BCUT2D eigenvalue weighted by atomic mass is 19.1. The predicted molar refractivity (Wildman–Crippen MR) is 80.7 cm³/mol. The first-order chi connectivity index (χ1) is 11.1. The van der Waals surface area contributed by atoms with Crippen molar-refractivity contribution in [3.8, 4) is 5.69 Å². The second-order valence-corrected chi connectivity index (χ2v) is 5.08. The summed E-state index contributed by atoms with van der Waals surface area (Å²) in [5.41, 5.74) is 1.74. The molecule has 0 aliphatic heterocycles. The van der Waals surface area contributed by atoms with Gasteiger partial charge < -0.3 is 9.73 Å². The maximum absolute atomic E-state index is 13.7. The molecule has 7 heteroatoms. The summed E-state index contributed by atoms with van der Waals surface area (Å²) in [5, 5.41) is 10.6. The SMILES string of the molecule is Cc1c(F)cccc1-n1nnc(C(=O)NCc2ccco2)c1C. The highest BCUT2D eigenvalue weighted by Gasteiger charge is 2.18. The molecule has 0 spiro atoms. The second-order valence-electron chi connectivity index (χ2n) is 5.08. The number of carbonyl (C=O) groups is 1. The van der Waals surface area contributed by atoms with Gasteiger partial charge in [0.25, 0.3) is 5.91 Å². The van der Waals surface area contributed by atoms with Crippen LogP contribution in [0.5, 0.6) is 0 Å². The molecule has 3 rings (SSSR count). The van der Waals surface area contributed by atoms with Crippen molar-refractivity contribution in [2.75, 3.05) is 0 Å². The highest BCUT2D eigenvalue weighted by molar-refractivity contribution is 5.93. The van der Waals surface area contributed by atoms with Gasteiger partial charge in [0, 0.05) is 5.56 Å². The van der Waals surface area contributed by atoms with Gasteiger partial charge in [-0.05, 0) is 38.1 Å². The Balaban J connectivity index is 1.84. The zero-order chi connectivity index (χ0) is 16.4. The van der Waals surface area contributed by atoms with E-state index < -0.39 is 0 Å². The second kappa shape index (κ2) is 6.04. The standard InChI is InChI=1S/C16H15FN4O2/c1-10-13(17)6-3-7-14(10)21-11(2)15(19-20-21)16(22)18-9-12-5-4-8-23-12/h3-8H,9H2,1-2H3,(H,18,22). The van der Waals surface area contributed by atoms with Crippen LogP contribution in [0, 0.1) is 19.7 Å². The van der Waals surface area contributed by atoms with Gasteiger partial charge >= 0.3 is 0 Å². The van der Waals surface area contributed by atoms with Crippen molar-refractivity contribution < 1.29 is 13.6 Å². The van der Waals surface area contributed by atoms with Crippen molar-refractivity contribution in [2.45, 2.75) is 20.4 Å². The number of rotatable bonds is 4. The molecule has 0 unspecified atom stereocenters. The molecule has 1 amide bonds. The molecule has 118 valence electrons.